The summed E-state index contributed by atoms with van der Waals surface area (Å²) >= 11 is 5.94. The first kappa shape index (κ1) is 23.1. The Morgan fingerprint density at radius 3 is 2.68 bits per heavy atom. The number of rotatable bonds is 4. The fourth-order valence-electron chi connectivity index (χ4n) is 5.51. The van der Waals surface area contributed by atoms with Crippen LogP contribution in [0.2, 0.25) is 5.02 Å². The molecule has 5 rings (SSSR count). The largest absolute Gasteiger partial charge is 0.368 e. The van der Waals surface area contributed by atoms with Crippen molar-refractivity contribution in [3.63, 3.8) is 0 Å². The van der Waals surface area contributed by atoms with Crippen LogP contribution in [0.5, 0.6) is 0 Å². The number of fused-ring (bicyclic) bond motifs is 1. The molecule has 180 valence electrons. The third-order valence-corrected chi connectivity index (χ3v) is 7.80. The van der Waals surface area contributed by atoms with Gasteiger partial charge in [-0.3, -0.25) is 4.79 Å². The molecule has 0 spiro atoms. The molecule has 2 fully saturated rings. The van der Waals surface area contributed by atoms with Crippen LogP contribution in [0.25, 0.3) is 11.0 Å². The number of halogens is 2. The molecular formula is C26H31ClFN5O. The number of carbonyl (C=O) groups is 1. The minimum absolute atomic E-state index is 0.0740. The number of hydrogen-bond acceptors (Lipinski definition) is 4. The van der Waals surface area contributed by atoms with E-state index in [1.54, 1.807) is 18.5 Å². The van der Waals surface area contributed by atoms with Gasteiger partial charge in [0.15, 0.2) is 0 Å². The number of imidazole rings is 1. The standard InChI is InChI=1S/C26H31ClFN5O/c1-17-15-31(11-12-32(17)25(34)26(29)9-3-4-10-26)20-6-8-23-24(14-20)33(16-30-23)18(2)21-7-5-19(27)13-22(21)28/h5-8,13-14,16-18H,3-4,9-12,15,29H2,1-2H3/t17?,18-/m1/s1. The molecule has 1 amide bonds. The summed E-state index contributed by atoms with van der Waals surface area (Å²) in [7, 11) is 0. The van der Waals surface area contributed by atoms with Gasteiger partial charge in [-0.05, 0) is 57.0 Å². The molecule has 2 aromatic carbocycles. The van der Waals surface area contributed by atoms with Gasteiger partial charge in [0.1, 0.15) is 5.82 Å². The third-order valence-electron chi connectivity index (χ3n) is 7.56. The second-order valence-corrected chi connectivity index (χ2v) is 10.3. The highest BCUT2D eigenvalue weighted by atomic mass is 35.5. The number of hydrogen-bond donors (Lipinski definition) is 1. The van der Waals surface area contributed by atoms with Crippen LogP contribution in [0, 0.1) is 5.82 Å². The molecule has 2 heterocycles. The van der Waals surface area contributed by atoms with E-state index in [0.29, 0.717) is 17.1 Å². The molecule has 2 atom stereocenters. The van der Waals surface area contributed by atoms with Crippen LogP contribution < -0.4 is 10.6 Å². The molecule has 1 aliphatic carbocycles. The maximum atomic E-state index is 14.6. The molecule has 8 heteroatoms. The molecule has 1 saturated carbocycles. The van der Waals surface area contributed by atoms with Crippen LogP contribution in [0.4, 0.5) is 10.1 Å². The number of anilines is 1. The highest BCUT2D eigenvalue weighted by Crippen LogP contribution is 2.32. The van der Waals surface area contributed by atoms with Gasteiger partial charge < -0.3 is 20.1 Å². The fourth-order valence-corrected chi connectivity index (χ4v) is 5.67. The van der Waals surface area contributed by atoms with Crippen LogP contribution in [0.15, 0.2) is 42.7 Å². The molecular weight excluding hydrogens is 453 g/mol. The predicted octanol–water partition coefficient (Wildman–Crippen LogP) is 4.75. The molecule has 2 N–H and O–H groups in total. The molecule has 6 nitrogen and oxygen atoms in total. The Kier molecular flexibility index (Phi) is 6.02. The lowest BCUT2D eigenvalue weighted by Crippen LogP contribution is -2.61. The van der Waals surface area contributed by atoms with Gasteiger partial charge in [0.25, 0.3) is 0 Å². The van der Waals surface area contributed by atoms with Gasteiger partial charge in [-0.25, -0.2) is 9.37 Å². The van der Waals surface area contributed by atoms with Crippen molar-refractivity contribution >= 4 is 34.2 Å². The van der Waals surface area contributed by atoms with Gasteiger partial charge in [-0.1, -0.05) is 30.5 Å². The molecule has 1 aromatic heterocycles. The molecule has 0 bridgehead atoms. The van der Waals surface area contributed by atoms with Crippen molar-refractivity contribution in [1.82, 2.24) is 14.5 Å². The zero-order valence-electron chi connectivity index (χ0n) is 19.7. The zero-order chi connectivity index (χ0) is 24.0. The molecule has 1 unspecified atom stereocenters. The number of nitrogens with two attached hydrogens (primary N) is 1. The van der Waals surface area contributed by atoms with Crippen molar-refractivity contribution in [2.45, 2.75) is 57.2 Å². The lowest BCUT2D eigenvalue weighted by Gasteiger charge is -2.43. The van der Waals surface area contributed by atoms with E-state index in [9.17, 15) is 9.18 Å². The van der Waals surface area contributed by atoms with Crippen molar-refractivity contribution in [2.75, 3.05) is 24.5 Å². The van der Waals surface area contributed by atoms with Crippen molar-refractivity contribution in [3.05, 3.63) is 59.1 Å². The van der Waals surface area contributed by atoms with E-state index in [-0.39, 0.29) is 23.8 Å². The summed E-state index contributed by atoms with van der Waals surface area (Å²) in [5, 5.41) is 0.381. The summed E-state index contributed by atoms with van der Waals surface area (Å²) in [5.41, 5.74) is 9.21. The summed E-state index contributed by atoms with van der Waals surface area (Å²) in [5.74, 6) is -0.225. The summed E-state index contributed by atoms with van der Waals surface area (Å²) in [6.07, 6.45) is 5.39. The average Bonchev–Trinajstić information content (AvgIpc) is 3.45. The quantitative estimate of drug-likeness (QED) is 0.581. The lowest BCUT2D eigenvalue weighted by molar-refractivity contribution is -0.139. The molecule has 1 aliphatic heterocycles. The van der Waals surface area contributed by atoms with Crippen LogP contribution in [-0.2, 0) is 4.79 Å². The highest BCUT2D eigenvalue weighted by Gasteiger charge is 2.42. The van der Waals surface area contributed by atoms with E-state index >= 15 is 0 Å². The molecule has 1 saturated heterocycles. The van der Waals surface area contributed by atoms with Crippen LogP contribution in [-0.4, -0.2) is 51.6 Å². The molecule has 3 aromatic rings. The Morgan fingerprint density at radius 1 is 1.21 bits per heavy atom. The van der Waals surface area contributed by atoms with E-state index in [2.05, 4.69) is 28.9 Å². The summed E-state index contributed by atoms with van der Waals surface area (Å²) < 4.78 is 16.6. The predicted molar refractivity (Wildman–Crippen MR) is 134 cm³/mol. The Labute approximate surface area is 204 Å². The minimum atomic E-state index is -0.686. The second-order valence-electron chi connectivity index (χ2n) is 9.82. The number of piperazine rings is 1. The second kappa shape index (κ2) is 8.86. The van der Waals surface area contributed by atoms with Crippen molar-refractivity contribution in [1.29, 1.82) is 0 Å². The molecule has 0 radical (unpaired) electrons. The van der Waals surface area contributed by atoms with Crippen LogP contribution in [0.1, 0.15) is 51.1 Å². The lowest BCUT2D eigenvalue weighted by atomic mass is 9.95. The molecule has 2 aliphatic rings. The van der Waals surface area contributed by atoms with Crippen molar-refractivity contribution in [2.24, 2.45) is 5.73 Å². The van der Waals surface area contributed by atoms with Gasteiger partial charge in [0.05, 0.1) is 28.9 Å². The van der Waals surface area contributed by atoms with Crippen molar-refractivity contribution in [3.8, 4) is 0 Å². The molecule has 34 heavy (non-hydrogen) atoms. The van der Waals surface area contributed by atoms with E-state index in [1.807, 2.05) is 22.5 Å². The van der Waals surface area contributed by atoms with Gasteiger partial charge in [-0.15, -0.1) is 0 Å². The van der Waals surface area contributed by atoms with E-state index in [4.69, 9.17) is 17.3 Å². The summed E-state index contributed by atoms with van der Waals surface area (Å²) in [6.45, 7) is 6.19. The highest BCUT2D eigenvalue weighted by molar-refractivity contribution is 6.30. The zero-order valence-corrected chi connectivity index (χ0v) is 20.4. The summed E-state index contributed by atoms with van der Waals surface area (Å²) in [6, 6.07) is 10.8. The topological polar surface area (TPSA) is 67.4 Å². The maximum Gasteiger partial charge on any atom is 0.243 e. The average molecular weight is 484 g/mol. The Balaban J connectivity index is 1.37. The number of carbonyl (C=O) groups excluding carboxylic acids is 1. The number of nitrogens with zero attached hydrogens (tertiary/aromatic N) is 4. The van der Waals surface area contributed by atoms with E-state index in [1.165, 1.54) is 6.07 Å². The fraction of sp³-hybridized carbons (Fsp3) is 0.462. The Bertz CT molecular complexity index is 1220. The van der Waals surface area contributed by atoms with Crippen molar-refractivity contribution < 1.29 is 9.18 Å². The Hall–Kier alpha value is -2.64. The summed E-state index contributed by atoms with van der Waals surface area (Å²) in [4.78, 5) is 22.0. The van der Waals surface area contributed by atoms with Crippen LogP contribution in [0.3, 0.4) is 0 Å². The third kappa shape index (κ3) is 4.05. The first-order valence-electron chi connectivity index (χ1n) is 12.0. The normalized spacial score (nSPS) is 21.3. The van der Waals surface area contributed by atoms with Gasteiger partial charge in [-0.2, -0.15) is 0 Å². The minimum Gasteiger partial charge on any atom is -0.368 e. The monoisotopic (exact) mass is 483 g/mol. The Morgan fingerprint density at radius 2 is 1.97 bits per heavy atom. The number of benzene rings is 2. The smallest absolute Gasteiger partial charge is 0.243 e. The first-order chi connectivity index (χ1) is 16.3. The van der Waals surface area contributed by atoms with Crippen LogP contribution >= 0.6 is 11.6 Å². The van der Waals surface area contributed by atoms with Gasteiger partial charge in [0.2, 0.25) is 5.91 Å². The first-order valence-corrected chi connectivity index (χ1v) is 12.4. The SMILES string of the molecule is CC1CN(c2ccc3ncn([C@H](C)c4ccc(Cl)cc4F)c3c2)CCN1C(=O)C1(N)CCCC1. The maximum absolute atomic E-state index is 14.6. The number of amides is 1. The van der Waals surface area contributed by atoms with E-state index in [0.717, 1.165) is 55.5 Å². The number of aromatic nitrogens is 2. The van der Waals surface area contributed by atoms with Gasteiger partial charge >= 0.3 is 0 Å². The van der Waals surface area contributed by atoms with Gasteiger partial charge in [0, 0.05) is 41.9 Å². The van der Waals surface area contributed by atoms with E-state index < -0.39 is 5.54 Å².